The first-order valence-corrected chi connectivity index (χ1v) is 6.03. The number of ether oxygens (including phenoxy) is 2. The fourth-order valence-electron chi connectivity index (χ4n) is 2.11. The third-order valence-corrected chi connectivity index (χ3v) is 3.02. The summed E-state index contributed by atoms with van der Waals surface area (Å²) in [6.45, 7) is 2.73. The molecule has 1 fully saturated rings. The van der Waals surface area contributed by atoms with Gasteiger partial charge in [0.25, 0.3) is 0 Å². The van der Waals surface area contributed by atoms with E-state index in [0.717, 1.165) is 18.2 Å². The molecule has 6 heteroatoms. The van der Waals surface area contributed by atoms with Gasteiger partial charge in [0.2, 0.25) is 0 Å². The van der Waals surface area contributed by atoms with Crippen LogP contribution in [0.15, 0.2) is 24.8 Å². The zero-order valence-electron chi connectivity index (χ0n) is 10.3. The molecular formula is C12H16N4O2. The van der Waals surface area contributed by atoms with Crippen LogP contribution >= 0.6 is 0 Å². The van der Waals surface area contributed by atoms with Crippen LogP contribution in [-0.4, -0.2) is 45.0 Å². The molecule has 0 unspecified atom stereocenters. The lowest BCUT2D eigenvalue weighted by Gasteiger charge is -2.23. The van der Waals surface area contributed by atoms with E-state index in [2.05, 4.69) is 14.5 Å². The molecule has 0 spiro atoms. The average Bonchev–Trinajstić information content (AvgIpc) is 2.99. The molecule has 0 aliphatic carbocycles. The molecule has 1 aliphatic heterocycles. The van der Waals surface area contributed by atoms with Crippen molar-refractivity contribution in [1.29, 1.82) is 0 Å². The summed E-state index contributed by atoms with van der Waals surface area (Å²) >= 11 is 0. The minimum atomic E-state index is 0.0898. The summed E-state index contributed by atoms with van der Waals surface area (Å²) in [5.74, 6) is 1.72. The van der Waals surface area contributed by atoms with E-state index in [-0.39, 0.29) is 6.10 Å². The van der Waals surface area contributed by atoms with Gasteiger partial charge in [0.05, 0.1) is 32.5 Å². The number of aryl methyl sites for hydroxylation is 1. The number of imidazole rings is 2. The normalized spacial score (nSPS) is 20.2. The zero-order valence-corrected chi connectivity index (χ0v) is 10.3. The Balaban J connectivity index is 1.81. The topological polar surface area (TPSA) is 54.1 Å². The van der Waals surface area contributed by atoms with Crippen LogP contribution in [0.5, 0.6) is 0 Å². The summed E-state index contributed by atoms with van der Waals surface area (Å²) in [6.07, 6.45) is 7.51. The van der Waals surface area contributed by atoms with Crippen LogP contribution in [0.1, 0.15) is 0 Å². The molecule has 2 aromatic heterocycles. The van der Waals surface area contributed by atoms with Gasteiger partial charge in [0.1, 0.15) is 0 Å². The van der Waals surface area contributed by atoms with Crippen molar-refractivity contribution >= 4 is 0 Å². The number of hydrogen-bond acceptors (Lipinski definition) is 4. The van der Waals surface area contributed by atoms with Gasteiger partial charge in [-0.2, -0.15) is 0 Å². The van der Waals surface area contributed by atoms with E-state index < -0.39 is 0 Å². The summed E-state index contributed by atoms with van der Waals surface area (Å²) < 4.78 is 15.1. The average molecular weight is 248 g/mol. The highest BCUT2D eigenvalue weighted by Gasteiger charge is 2.18. The third-order valence-electron chi connectivity index (χ3n) is 3.02. The van der Waals surface area contributed by atoms with Crippen molar-refractivity contribution in [3.63, 3.8) is 0 Å². The van der Waals surface area contributed by atoms with Crippen LogP contribution in [0.3, 0.4) is 0 Å². The minimum Gasteiger partial charge on any atom is -0.376 e. The van der Waals surface area contributed by atoms with Gasteiger partial charge in [-0.15, -0.1) is 0 Å². The Hall–Kier alpha value is -1.66. The Kier molecular flexibility index (Phi) is 3.12. The van der Waals surface area contributed by atoms with Gasteiger partial charge >= 0.3 is 0 Å². The van der Waals surface area contributed by atoms with Crippen LogP contribution in [0, 0.1) is 0 Å². The van der Waals surface area contributed by atoms with Crippen LogP contribution in [0.4, 0.5) is 0 Å². The van der Waals surface area contributed by atoms with Crippen molar-refractivity contribution in [2.75, 3.05) is 19.8 Å². The van der Waals surface area contributed by atoms with Crippen molar-refractivity contribution in [2.45, 2.75) is 12.6 Å². The Labute approximate surface area is 105 Å². The van der Waals surface area contributed by atoms with E-state index >= 15 is 0 Å². The molecule has 1 atom stereocenters. The molecular weight excluding hydrogens is 232 g/mol. The molecule has 0 radical (unpaired) electrons. The maximum Gasteiger partial charge on any atom is 0.176 e. The van der Waals surface area contributed by atoms with Gasteiger partial charge in [0, 0.05) is 31.8 Å². The lowest BCUT2D eigenvalue weighted by atomic mass is 10.3. The van der Waals surface area contributed by atoms with Crippen molar-refractivity contribution in [3.8, 4) is 11.6 Å². The van der Waals surface area contributed by atoms with Gasteiger partial charge in [0.15, 0.2) is 11.6 Å². The van der Waals surface area contributed by atoms with E-state index in [1.165, 1.54) is 0 Å². The number of rotatable bonds is 3. The summed E-state index contributed by atoms with van der Waals surface area (Å²) in [5, 5.41) is 0. The molecule has 18 heavy (non-hydrogen) atoms. The predicted molar refractivity (Wildman–Crippen MR) is 65.0 cm³/mol. The van der Waals surface area contributed by atoms with Gasteiger partial charge in [-0.1, -0.05) is 0 Å². The second-order valence-corrected chi connectivity index (χ2v) is 4.33. The number of aromatic nitrogens is 4. The summed E-state index contributed by atoms with van der Waals surface area (Å²) in [7, 11) is 1.96. The van der Waals surface area contributed by atoms with E-state index in [0.29, 0.717) is 19.8 Å². The molecule has 0 N–H and O–H groups in total. The molecule has 96 valence electrons. The molecule has 6 nitrogen and oxygen atoms in total. The van der Waals surface area contributed by atoms with E-state index in [4.69, 9.17) is 9.47 Å². The fraction of sp³-hybridized carbons (Fsp3) is 0.500. The molecule has 1 saturated heterocycles. The van der Waals surface area contributed by atoms with Crippen molar-refractivity contribution < 1.29 is 9.47 Å². The van der Waals surface area contributed by atoms with Gasteiger partial charge < -0.3 is 18.6 Å². The van der Waals surface area contributed by atoms with Crippen LogP contribution < -0.4 is 0 Å². The van der Waals surface area contributed by atoms with Gasteiger partial charge in [-0.05, 0) is 0 Å². The third kappa shape index (κ3) is 2.16. The summed E-state index contributed by atoms with van der Waals surface area (Å²) in [4.78, 5) is 8.69. The molecule has 1 aliphatic rings. The number of nitrogens with zero attached hydrogens (tertiary/aromatic N) is 4. The smallest absolute Gasteiger partial charge is 0.176 e. The highest BCUT2D eigenvalue weighted by Crippen LogP contribution is 2.16. The molecule has 0 amide bonds. The predicted octanol–water partition coefficient (Wildman–Crippen LogP) is 0.699. The van der Waals surface area contributed by atoms with Crippen molar-refractivity contribution in [2.24, 2.45) is 7.05 Å². The molecule has 0 saturated carbocycles. The first-order valence-electron chi connectivity index (χ1n) is 6.03. The second kappa shape index (κ2) is 4.91. The Morgan fingerprint density at radius 2 is 2.06 bits per heavy atom. The van der Waals surface area contributed by atoms with E-state index in [1.807, 2.05) is 24.0 Å². The minimum absolute atomic E-state index is 0.0898. The highest BCUT2D eigenvalue weighted by atomic mass is 16.6. The van der Waals surface area contributed by atoms with E-state index in [1.54, 1.807) is 12.4 Å². The fourth-order valence-corrected chi connectivity index (χ4v) is 2.11. The largest absolute Gasteiger partial charge is 0.376 e. The van der Waals surface area contributed by atoms with Crippen LogP contribution in [0.2, 0.25) is 0 Å². The Morgan fingerprint density at radius 3 is 2.78 bits per heavy atom. The maximum absolute atomic E-state index is 5.65. The molecule has 3 heterocycles. The molecule has 0 bridgehead atoms. The molecule has 0 aromatic carbocycles. The van der Waals surface area contributed by atoms with E-state index in [9.17, 15) is 0 Å². The summed E-state index contributed by atoms with van der Waals surface area (Å²) in [5.41, 5.74) is 0. The molecule has 3 rings (SSSR count). The Bertz CT molecular complexity index is 514. The Morgan fingerprint density at radius 1 is 1.22 bits per heavy atom. The maximum atomic E-state index is 5.65. The van der Waals surface area contributed by atoms with Crippen LogP contribution in [0.25, 0.3) is 11.6 Å². The van der Waals surface area contributed by atoms with Gasteiger partial charge in [-0.25, -0.2) is 9.97 Å². The lowest BCUT2D eigenvalue weighted by molar-refractivity contribution is -0.0934. The summed E-state index contributed by atoms with van der Waals surface area (Å²) in [6, 6.07) is 0. The SMILES string of the molecule is Cn1ccnc1-c1nccn1C[C@@H]1COCCO1. The zero-order chi connectivity index (χ0) is 12.4. The highest BCUT2D eigenvalue weighted by molar-refractivity contribution is 5.44. The molecule has 2 aromatic rings. The van der Waals surface area contributed by atoms with Gasteiger partial charge in [-0.3, -0.25) is 0 Å². The number of hydrogen-bond donors (Lipinski definition) is 0. The first-order chi connectivity index (χ1) is 8.84. The van der Waals surface area contributed by atoms with Crippen LogP contribution in [-0.2, 0) is 23.1 Å². The first kappa shape index (κ1) is 11.4. The second-order valence-electron chi connectivity index (χ2n) is 4.33. The monoisotopic (exact) mass is 248 g/mol. The van der Waals surface area contributed by atoms with Crippen molar-refractivity contribution in [3.05, 3.63) is 24.8 Å². The quantitative estimate of drug-likeness (QED) is 0.802. The van der Waals surface area contributed by atoms with Crippen molar-refractivity contribution in [1.82, 2.24) is 19.1 Å². The lowest BCUT2D eigenvalue weighted by Crippen LogP contribution is -2.32. The standard InChI is InChI=1S/C12H16N4O2/c1-15-4-2-13-11(15)12-14-3-5-16(12)8-10-9-17-6-7-18-10/h2-5,10H,6-9H2,1H3/t10-/m1/s1.